The standard InChI is InChI=1S/C23H14FN3O3S2/c24-17-10-6-15(7-11-17)14-20-22(28)27-23(31-20)25-21(26-27)16-8-12-19(13-9-16)32(29,30)18-4-2-1-3-5-18/h1-14H/b20-14+. The van der Waals surface area contributed by atoms with Crippen LogP contribution in [-0.2, 0) is 9.84 Å². The van der Waals surface area contributed by atoms with E-state index < -0.39 is 9.84 Å². The molecule has 158 valence electrons. The maximum Gasteiger partial charge on any atom is 0.291 e. The van der Waals surface area contributed by atoms with Gasteiger partial charge in [-0.3, -0.25) is 4.79 Å². The van der Waals surface area contributed by atoms with Crippen molar-refractivity contribution in [3.8, 4) is 11.4 Å². The van der Waals surface area contributed by atoms with Crippen LogP contribution in [0.1, 0.15) is 5.56 Å². The fourth-order valence-corrected chi connectivity index (χ4v) is 5.38. The van der Waals surface area contributed by atoms with Gasteiger partial charge in [0.1, 0.15) is 5.82 Å². The number of rotatable bonds is 4. The van der Waals surface area contributed by atoms with Gasteiger partial charge in [-0.2, -0.15) is 9.50 Å². The van der Waals surface area contributed by atoms with Crippen LogP contribution < -0.4 is 10.1 Å². The lowest BCUT2D eigenvalue weighted by Gasteiger charge is -2.04. The minimum atomic E-state index is -3.62. The van der Waals surface area contributed by atoms with Crippen molar-refractivity contribution in [2.75, 3.05) is 0 Å². The highest BCUT2D eigenvalue weighted by molar-refractivity contribution is 7.91. The molecule has 2 heterocycles. The minimum Gasteiger partial charge on any atom is -0.266 e. The summed E-state index contributed by atoms with van der Waals surface area (Å²) < 4.78 is 40.2. The second-order valence-electron chi connectivity index (χ2n) is 6.94. The van der Waals surface area contributed by atoms with Gasteiger partial charge in [-0.1, -0.05) is 41.7 Å². The van der Waals surface area contributed by atoms with Crippen LogP contribution in [0.25, 0.3) is 22.4 Å². The van der Waals surface area contributed by atoms with Crippen molar-refractivity contribution >= 4 is 32.2 Å². The maximum atomic E-state index is 13.1. The van der Waals surface area contributed by atoms with Gasteiger partial charge in [-0.25, -0.2) is 12.8 Å². The minimum absolute atomic E-state index is 0.161. The lowest BCUT2D eigenvalue weighted by Crippen LogP contribution is -2.23. The molecule has 5 rings (SSSR count). The van der Waals surface area contributed by atoms with Crippen molar-refractivity contribution in [3.05, 3.63) is 105 Å². The Morgan fingerprint density at radius 2 is 1.53 bits per heavy atom. The first-order valence-corrected chi connectivity index (χ1v) is 11.8. The normalized spacial score (nSPS) is 12.5. The summed E-state index contributed by atoms with van der Waals surface area (Å²) >= 11 is 1.17. The molecule has 0 saturated carbocycles. The van der Waals surface area contributed by atoms with E-state index in [1.807, 2.05) is 0 Å². The number of nitrogens with zero attached hydrogens (tertiary/aromatic N) is 3. The number of sulfone groups is 1. The van der Waals surface area contributed by atoms with E-state index in [0.717, 1.165) is 0 Å². The molecule has 0 spiro atoms. The third-order valence-corrected chi connectivity index (χ3v) is 7.57. The highest BCUT2D eigenvalue weighted by Gasteiger charge is 2.18. The molecule has 0 saturated heterocycles. The van der Waals surface area contributed by atoms with Crippen molar-refractivity contribution < 1.29 is 12.8 Å². The summed E-state index contributed by atoms with van der Waals surface area (Å²) in [5.74, 6) is -0.0234. The average molecular weight is 464 g/mol. The van der Waals surface area contributed by atoms with Gasteiger partial charge in [0.2, 0.25) is 14.8 Å². The topological polar surface area (TPSA) is 81.4 Å². The van der Waals surface area contributed by atoms with Crippen molar-refractivity contribution in [3.63, 3.8) is 0 Å². The Kier molecular flexibility index (Phi) is 4.91. The molecule has 0 radical (unpaired) electrons. The Labute approximate surface area is 185 Å². The summed E-state index contributed by atoms with van der Waals surface area (Å²) in [6.07, 6.45) is 1.66. The summed E-state index contributed by atoms with van der Waals surface area (Å²) in [7, 11) is -3.62. The number of aromatic nitrogens is 3. The van der Waals surface area contributed by atoms with Crippen molar-refractivity contribution in [2.45, 2.75) is 9.79 Å². The zero-order valence-electron chi connectivity index (χ0n) is 16.3. The van der Waals surface area contributed by atoms with Gasteiger partial charge in [0.15, 0.2) is 5.82 Å². The summed E-state index contributed by atoms with van der Waals surface area (Å²) in [5.41, 5.74) is 0.969. The molecule has 0 aliphatic rings. The molecule has 0 bridgehead atoms. The van der Waals surface area contributed by atoms with Crippen LogP contribution in [-0.4, -0.2) is 23.0 Å². The smallest absolute Gasteiger partial charge is 0.266 e. The molecule has 0 unspecified atom stereocenters. The molecule has 3 aromatic carbocycles. The van der Waals surface area contributed by atoms with Crippen LogP contribution in [0.4, 0.5) is 4.39 Å². The lowest BCUT2D eigenvalue weighted by molar-refractivity contribution is 0.596. The average Bonchev–Trinajstić information content (AvgIpc) is 3.35. The fourth-order valence-electron chi connectivity index (χ4n) is 3.19. The molecule has 9 heteroatoms. The van der Waals surface area contributed by atoms with Gasteiger partial charge in [-0.05, 0) is 60.2 Å². The van der Waals surface area contributed by atoms with E-state index in [-0.39, 0.29) is 21.2 Å². The van der Waals surface area contributed by atoms with Crippen LogP contribution in [0.3, 0.4) is 0 Å². The summed E-state index contributed by atoms with van der Waals surface area (Å²) in [5, 5.41) is 4.28. The lowest BCUT2D eigenvalue weighted by atomic mass is 10.2. The molecular formula is C23H14FN3O3S2. The molecule has 0 aliphatic heterocycles. The van der Waals surface area contributed by atoms with E-state index >= 15 is 0 Å². The van der Waals surface area contributed by atoms with Crippen LogP contribution in [0.2, 0.25) is 0 Å². The Balaban J connectivity index is 1.48. The predicted molar refractivity (Wildman–Crippen MR) is 120 cm³/mol. The van der Waals surface area contributed by atoms with E-state index in [9.17, 15) is 17.6 Å². The maximum absolute atomic E-state index is 13.1. The quantitative estimate of drug-likeness (QED) is 0.408. The van der Waals surface area contributed by atoms with Gasteiger partial charge >= 0.3 is 0 Å². The molecule has 6 nitrogen and oxygen atoms in total. The van der Waals surface area contributed by atoms with Crippen LogP contribution in [0.5, 0.6) is 0 Å². The third-order valence-electron chi connectivity index (χ3n) is 4.83. The Hall–Kier alpha value is -3.69. The number of benzene rings is 3. The number of thiazole rings is 1. The number of hydrogen-bond donors (Lipinski definition) is 0. The Morgan fingerprint density at radius 3 is 2.19 bits per heavy atom. The van der Waals surface area contributed by atoms with E-state index in [4.69, 9.17) is 0 Å². The summed E-state index contributed by atoms with van der Waals surface area (Å²) in [6, 6.07) is 20.2. The molecular weight excluding hydrogens is 449 g/mol. The first-order valence-electron chi connectivity index (χ1n) is 9.49. The molecule has 0 aliphatic carbocycles. The molecule has 0 amide bonds. The third kappa shape index (κ3) is 3.61. The van der Waals surface area contributed by atoms with Crippen molar-refractivity contribution in [1.29, 1.82) is 0 Å². The van der Waals surface area contributed by atoms with E-state index in [1.165, 1.54) is 40.1 Å². The molecule has 2 aromatic heterocycles. The monoisotopic (exact) mass is 463 g/mol. The zero-order chi connectivity index (χ0) is 22.3. The van der Waals surface area contributed by atoms with Crippen molar-refractivity contribution in [2.24, 2.45) is 0 Å². The van der Waals surface area contributed by atoms with E-state index in [2.05, 4.69) is 10.1 Å². The van der Waals surface area contributed by atoms with Crippen LogP contribution in [0, 0.1) is 5.82 Å². The first-order chi connectivity index (χ1) is 15.4. The van der Waals surface area contributed by atoms with Gasteiger partial charge in [0.05, 0.1) is 14.3 Å². The highest BCUT2D eigenvalue weighted by Crippen LogP contribution is 2.24. The molecule has 0 atom stereocenters. The van der Waals surface area contributed by atoms with Crippen molar-refractivity contribution in [1.82, 2.24) is 14.6 Å². The second kappa shape index (κ2) is 7.77. The number of halogens is 1. The van der Waals surface area contributed by atoms with E-state index in [1.54, 1.807) is 60.7 Å². The molecule has 32 heavy (non-hydrogen) atoms. The zero-order valence-corrected chi connectivity index (χ0v) is 18.0. The van der Waals surface area contributed by atoms with Gasteiger partial charge in [0.25, 0.3) is 5.56 Å². The summed E-state index contributed by atoms with van der Waals surface area (Å²) in [4.78, 5) is 17.9. The second-order valence-corrected chi connectivity index (χ2v) is 9.90. The van der Waals surface area contributed by atoms with Gasteiger partial charge < -0.3 is 0 Å². The highest BCUT2D eigenvalue weighted by atomic mass is 32.2. The van der Waals surface area contributed by atoms with Crippen LogP contribution in [0.15, 0.2) is 93.4 Å². The predicted octanol–water partition coefficient (Wildman–Crippen LogP) is 3.34. The first kappa shape index (κ1) is 20.2. The Morgan fingerprint density at radius 1 is 0.875 bits per heavy atom. The largest absolute Gasteiger partial charge is 0.291 e. The SMILES string of the molecule is O=c1/c(=C\c2ccc(F)cc2)sc2nc(-c3ccc(S(=O)(=O)c4ccccc4)cc3)nn12. The summed E-state index contributed by atoms with van der Waals surface area (Å²) in [6.45, 7) is 0. The van der Waals surface area contributed by atoms with E-state index in [0.29, 0.717) is 26.4 Å². The van der Waals surface area contributed by atoms with Gasteiger partial charge in [-0.15, -0.1) is 5.10 Å². The van der Waals surface area contributed by atoms with Gasteiger partial charge in [0, 0.05) is 5.56 Å². The molecule has 0 N–H and O–H groups in total. The molecule has 5 aromatic rings. The number of hydrogen-bond acceptors (Lipinski definition) is 6. The Bertz CT molecular complexity index is 1640. The number of fused-ring (bicyclic) bond motifs is 1. The molecule has 0 fully saturated rings. The fraction of sp³-hybridized carbons (Fsp3) is 0. The van der Waals surface area contributed by atoms with Crippen LogP contribution >= 0.6 is 11.3 Å².